The Morgan fingerprint density at radius 1 is 1.22 bits per heavy atom. The van der Waals surface area contributed by atoms with Gasteiger partial charge >= 0.3 is 12.1 Å². The third kappa shape index (κ3) is 5.91. The second-order valence-electron chi connectivity index (χ2n) is 9.20. The second-order valence-corrected chi connectivity index (χ2v) is 9.61. The third-order valence-corrected chi connectivity index (χ3v) is 6.65. The average molecular weight is 538 g/mol. The highest BCUT2D eigenvalue weighted by atomic mass is 35.5. The lowest BCUT2D eigenvalue weighted by atomic mass is 9.81. The molecule has 1 aliphatic rings. The van der Waals surface area contributed by atoms with E-state index >= 15 is 0 Å². The maximum Gasteiger partial charge on any atom is 0.490 e. The molecule has 7 nitrogen and oxygen atoms in total. The van der Waals surface area contributed by atoms with E-state index in [1.807, 2.05) is 42.3 Å². The van der Waals surface area contributed by atoms with Crippen molar-refractivity contribution in [3.8, 4) is 0 Å². The molecule has 3 heterocycles. The predicted molar refractivity (Wildman–Crippen MR) is 137 cm³/mol. The minimum atomic E-state index is -5.08. The van der Waals surface area contributed by atoms with Crippen molar-refractivity contribution in [3.63, 3.8) is 0 Å². The smallest absolute Gasteiger partial charge is 0.475 e. The normalized spacial score (nSPS) is 14.9. The Morgan fingerprint density at radius 3 is 2.38 bits per heavy atom. The summed E-state index contributed by atoms with van der Waals surface area (Å²) in [6.45, 7) is 7.26. The molecular weight excluding hydrogens is 507 g/mol. The molecule has 1 aromatic carbocycles. The summed E-state index contributed by atoms with van der Waals surface area (Å²) in [6.07, 6.45) is 2.37. The molecule has 4 rings (SSSR count). The first-order valence-electron chi connectivity index (χ1n) is 11.9. The Balaban J connectivity index is 0.000000479. The Bertz CT molecular complexity index is 1240. The number of nitrogens with zero attached hydrogens (tertiary/aromatic N) is 4. The van der Waals surface area contributed by atoms with Crippen LogP contribution in [0.25, 0.3) is 0 Å². The number of pyridine rings is 1. The van der Waals surface area contributed by atoms with Crippen LogP contribution in [-0.4, -0.2) is 38.6 Å². The van der Waals surface area contributed by atoms with E-state index in [1.165, 1.54) is 16.7 Å². The summed E-state index contributed by atoms with van der Waals surface area (Å²) in [5.41, 5.74) is 13.3. The van der Waals surface area contributed by atoms with Gasteiger partial charge in [0.25, 0.3) is 0 Å². The van der Waals surface area contributed by atoms with E-state index in [2.05, 4.69) is 36.7 Å². The molecule has 1 atom stereocenters. The summed E-state index contributed by atoms with van der Waals surface area (Å²) in [5.74, 6) is -1.78. The molecule has 37 heavy (non-hydrogen) atoms. The third-order valence-electron chi connectivity index (χ3n) is 6.36. The van der Waals surface area contributed by atoms with Gasteiger partial charge in [-0.15, -0.1) is 0 Å². The number of aromatic nitrogens is 3. The molecule has 11 heteroatoms. The van der Waals surface area contributed by atoms with Gasteiger partial charge < -0.3 is 15.7 Å². The molecule has 0 saturated heterocycles. The molecule has 0 bridgehead atoms. The summed E-state index contributed by atoms with van der Waals surface area (Å²) < 4.78 is 33.7. The van der Waals surface area contributed by atoms with Crippen LogP contribution in [0.15, 0.2) is 36.7 Å². The number of alkyl halides is 3. The van der Waals surface area contributed by atoms with Gasteiger partial charge in [0.1, 0.15) is 0 Å². The van der Waals surface area contributed by atoms with Gasteiger partial charge in [-0.05, 0) is 68.0 Å². The Morgan fingerprint density at radius 2 is 1.84 bits per heavy atom. The van der Waals surface area contributed by atoms with Gasteiger partial charge in [-0.2, -0.15) is 18.3 Å². The maximum absolute atomic E-state index is 10.6. The van der Waals surface area contributed by atoms with Crippen LogP contribution in [0.5, 0.6) is 0 Å². The number of carboxylic acid groups (broad SMARTS) is 1. The topological polar surface area (TPSA) is 97.3 Å². The van der Waals surface area contributed by atoms with Crippen molar-refractivity contribution < 1.29 is 23.1 Å². The van der Waals surface area contributed by atoms with Crippen LogP contribution in [0.2, 0.25) is 5.02 Å². The molecular formula is C26H31ClF3N5O2. The van der Waals surface area contributed by atoms with Crippen LogP contribution in [0, 0.1) is 13.8 Å². The van der Waals surface area contributed by atoms with Crippen LogP contribution in [0.3, 0.4) is 0 Å². The number of aryl methyl sites for hydroxylation is 3. The minimum absolute atomic E-state index is 0.609. The highest BCUT2D eigenvalue weighted by Crippen LogP contribution is 2.43. The van der Waals surface area contributed by atoms with Gasteiger partial charge in [0.2, 0.25) is 0 Å². The van der Waals surface area contributed by atoms with Gasteiger partial charge in [0, 0.05) is 31.5 Å². The van der Waals surface area contributed by atoms with Crippen molar-refractivity contribution in [2.75, 3.05) is 11.4 Å². The van der Waals surface area contributed by atoms with Crippen molar-refractivity contribution in [3.05, 3.63) is 69.6 Å². The summed E-state index contributed by atoms with van der Waals surface area (Å²) in [4.78, 5) is 15.4. The lowest BCUT2D eigenvalue weighted by molar-refractivity contribution is -0.192. The van der Waals surface area contributed by atoms with Gasteiger partial charge in [-0.1, -0.05) is 31.0 Å². The van der Waals surface area contributed by atoms with Crippen LogP contribution in [-0.2, 0) is 23.8 Å². The number of fused-ring (bicyclic) bond motifs is 1. The van der Waals surface area contributed by atoms with Crippen LogP contribution >= 0.6 is 11.6 Å². The van der Waals surface area contributed by atoms with E-state index < -0.39 is 17.7 Å². The van der Waals surface area contributed by atoms with Crippen molar-refractivity contribution in [1.29, 1.82) is 0 Å². The van der Waals surface area contributed by atoms with E-state index in [0.29, 0.717) is 0 Å². The minimum Gasteiger partial charge on any atom is -0.475 e. The molecule has 0 amide bonds. The first-order valence-corrected chi connectivity index (χ1v) is 12.3. The van der Waals surface area contributed by atoms with E-state index in [0.717, 1.165) is 60.0 Å². The molecule has 0 fully saturated rings. The predicted octanol–water partition coefficient (Wildman–Crippen LogP) is 5.81. The molecule has 3 N–H and O–H groups in total. The fourth-order valence-corrected chi connectivity index (χ4v) is 5.41. The molecule has 0 spiro atoms. The molecule has 3 aromatic rings. The molecule has 1 aliphatic heterocycles. The first-order chi connectivity index (χ1) is 17.3. The van der Waals surface area contributed by atoms with Gasteiger partial charge in [0.15, 0.2) is 5.82 Å². The van der Waals surface area contributed by atoms with Crippen molar-refractivity contribution in [2.24, 2.45) is 12.8 Å². The average Bonchev–Trinajstić information content (AvgIpc) is 3.16. The number of benzene rings is 1. The quantitative estimate of drug-likeness (QED) is 0.426. The fourth-order valence-electron chi connectivity index (χ4n) is 4.99. The van der Waals surface area contributed by atoms with Crippen molar-refractivity contribution in [1.82, 2.24) is 14.8 Å². The zero-order chi connectivity index (χ0) is 27.5. The number of rotatable bonds is 5. The lowest BCUT2D eigenvalue weighted by Crippen LogP contribution is -2.41. The second kappa shape index (κ2) is 11.1. The molecule has 1 unspecified atom stereocenters. The number of nitrogens with two attached hydrogens (primary N) is 1. The van der Waals surface area contributed by atoms with Crippen LogP contribution in [0.1, 0.15) is 54.1 Å². The summed E-state index contributed by atoms with van der Waals surface area (Å²) in [6, 6.07) is 8.26. The molecule has 0 radical (unpaired) electrons. The van der Waals surface area contributed by atoms with E-state index in [9.17, 15) is 13.2 Å². The number of aliphatic carboxylic acids is 1. The molecule has 0 aliphatic carbocycles. The molecule has 2 aromatic heterocycles. The molecule has 0 saturated carbocycles. The number of halogens is 4. The summed E-state index contributed by atoms with van der Waals surface area (Å²) in [5, 5.41) is 12.9. The fraction of sp³-hybridized carbons (Fsp3) is 0.423. The van der Waals surface area contributed by atoms with E-state index in [4.69, 9.17) is 32.3 Å². The largest absolute Gasteiger partial charge is 0.490 e. The summed E-state index contributed by atoms with van der Waals surface area (Å²) in [7, 11) is 2.01. The van der Waals surface area contributed by atoms with Crippen LogP contribution < -0.4 is 10.6 Å². The number of carboxylic acids is 1. The van der Waals surface area contributed by atoms with E-state index in [-0.39, 0.29) is 0 Å². The number of carbonyl (C=O) groups is 1. The van der Waals surface area contributed by atoms with Crippen LogP contribution in [0.4, 0.5) is 24.7 Å². The zero-order valence-electron chi connectivity index (χ0n) is 21.2. The van der Waals surface area contributed by atoms with Crippen molar-refractivity contribution in [2.45, 2.75) is 58.2 Å². The Hall–Kier alpha value is -3.11. The SMILES string of the molecule is CCCC(N)(c1ccncc1)c1c2c(nn1C)N(c1c(C)cc(C)cc1Cl)CCC2.O=C(O)C(F)(F)F. The number of hydrogen-bond acceptors (Lipinski definition) is 5. The Labute approximate surface area is 219 Å². The summed E-state index contributed by atoms with van der Waals surface area (Å²) >= 11 is 6.71. The van der Waals surface area contributed by atoms with Gasteiger partial charge in [-0.25, -0.2) is 4.79 Å². The highest BCUT2D eigenvalue weighted by Gasteiger charge is 2.39. The standard InChI is InChI=1S/C24H30ClN5.C2HF3O2/c1-5-10-24(26,18-8-11-27-12-9-18)22-19-7-6-13-30(23(19)28-29(22)4)21-17(3)14-16(2)15-20(21)25;3-2(4,5)1(6)7/h8-9,11-12,14-15H,5-7,10,13,26H2,1-4H3;(H,6,7). The number of hydrogen-bond donors (Lipinski definition) is 2. The monoisotopic (exact) mass is 537 g/mol. The number of anilines is 2. The maximum atomic E-state index is 10.6. The van der Waals surface area contributed by atoms with E-state index in [1.54, 1.807) is 0 Å². The zero-order valence-corrected chi connectivity index (χ0v) is 22.0. The highest BCUT2D eigenvalue weighted by molar-refractivity contribution is 6.33. The lowest BCUT2D eigenvalue weighted by Gasteiger charge is -2.34. The first kappa shape index (κ1) is 28.5. The Kier molecular flexibility index (Phi) is 8.54. The van der Waals surface area contributed by atoms with Crippen molar-refractivity contribution >= 4 is 29.1 Å². The van der Waals surface area contributed by atoms with Gasteiger partial charge in [0.05, 0.1) is 21.9 Å². The molecule has 200 valence electrons. The van der Waals surface area contributed by atoms with Gasteiger partial charge in [-0.3, -0.25) is 9.67 Å².